The second kappa shape index (κ2) is 10.7. The molecule has 166 valence electrons. The topological polar surface area (TPSA) is 71.0 Å². The molecule has 0 aliphatic carbocycles. The van der Waals surface area contributed by atoms with Crippen LogP contribution in [0.5, 0.6) is 0 Å². The van der Waals surface area contributed by atoms with Gasteiger partial charge in [-0.25, -0.2) is 9.97 Å². The molecule has 0 atom stereocenters. The third-order valence-electron chi connectivity index (χ3n) is 4.95. The molecule has 0 bridgehead atoms. The normalized spacial score (nSPS) is 10.6. The van der Waals surface area contributed by atoms with Gasteiger partial charge in [-0.05, 0) is 29.3 Å². The summed E-state index contributed by atoms with van der Waals surface area (Å²) in [6.45, 7) is 0.444. The van der Waals surface area contributed by atoms with Crippen LogP contribution in [-0.2, 0) is 12.3 Å². The van der Waals surface area contributed by atoms with Crippen molar-refractivity contribution in [1.29, 1.82) is 0 Å². The Balaban J connectivity index is 1.46. The molecular formula is C26H25N5OS. The van der Waals surface area contributed by atoms with Crippen LogP contribution in [0.3, 0.4) is 0 Å². The summed E-state index contributed by atoms with van der Waals surface area (Å²) < 4.78 is 0. The zero-order chi connectivity index (χ0) is 23.0. The minimum atomic E-state index is -0.108. The number of carbonyl (C=O) groups is 1. The monoisotopic (exact) mass is 455 g/mol. The van der Waals surface area contributed by atoms with E-state index in [9.17, 15) is 4.79 Å². The van der Waals surface area contributed by atoms with E-state index in [1.807, 2.05) is 91.8 Å². The van der Waals surface area contributed by atoms with Crippen molar-refractivity contribution in [1.82, 2.24) is 20.3 Å². The molecule has 2 aromatic carbocycles. The van der Waals surface area contributed by atoms with Gasteiger partial charge in [0, 0.05) is 56.0 Å². The molecule has 0 saturated heterocycles. The maximum absolute atomic E-state index is 12.6. The van der Waals surface area contributed by atoms with E-state index in [-0.39, 0.29) is 5.91 Å². The number of amides is 1. The molecule has 7 heteroatoms. The summed E-state index contributed by atoms with van der Waals surface area (Å²) in [5, 5.41) is 3.65. The number of hydrogen-bond donors (Lipinski definition) is 1. The van der Waals surface area contributed by atoms with E-state index in [2.05, 4.69) is 15.3 Å². The molecule has 0 aliphatic heterocycles. The van der Waals surface area contributed by atoms with E-state index in [0.717, 1.165) is 28.2 Å². The molecule has 0 spiro atoms. The zero-order valence-corrected chi connectivity index (χ0v) is 19.4. The molecule has 0 unspecified atom stereocenters. The summed E-state index contributed by atoms with van der Waals surface area (Å²) in [5.41, 5.74) is 4.57. The van der Waals surface area contributed by atoms with Crippen LogP contribution in [-0.4, -0.2) is 35.0 Å². The fourth-order valence-corrected chi connectivity index (χ4v) is 4.00. The van der Waals surface area contributed by atoms with Crippen molar-refractivity contribution < 1.29 is 4.79 Å². The highest BCUT2D eigenvalue weighted by molar-refractivity contribution is 7.98. The van der Waals surface area contributed by atoms with Gasteiger partial charge in [-0.2, -0.15) is 0 Å². The predicted molar refractivity (Wildman–Crippen MR) is 133 cm³/mol. The molecule has 33 heavy (non-hydrogen) atoms. The molecule has 0 radical (unpaired) electrons. The van der Waals surface area contributed by atoms with E-state index >= 15 is 0 Å². The number of nitrogens with one attached hydrogen (secondary N) is 1. The quantitative estimate of drug-likeness (QED) is 0.303. The number of pyridine rings is 1. The molecule has 1 amide bonds. The lowest BCUT2D eigenvalue weighted by Crippen LogP contribution is -2.22. The van der Waals surface area contributed by atoms with Crippen molar-refractivity contribution in [2.45, 2.75) is 17.5 Å². The number of benzene rings is 2. The summed E-state index contributed by atoms with van der Waals surface area (Å²) in [6, 6.07) is 23.5. The van der Waals surface area contributed by atoms with Crippen molar-refractivity contribution >= 4 is 23.5 Å². The molecule has 0 aliphatic rings. The Kier molecular flexibility index (Phi) is 7.32. The van der Waals surface area contributed by atoms with Crippen molar-refractivity contribution in [2.75, 3.05) is 19.0 Å². The van der Waals surface area contributed by atoms with Crippen LogP contribution in [0.1, 0.15) is 21.5 Å². The van der Waals surface area contributed by atoms with Gasteiger partial charge in [0.25, 0.3) is 5.91 Å². The number of nitrogens with zero attached hydrogens (tertiary/aromatic N) is 4. The van der Waals surface area contributed by atoms with Gasteiger partial charge in [-0.3, -0.25) is 9.78 Å². The number of thioether (sulfide) groups is 1. The Morgan fingerprint density at radius 2 is 1.76 bits per heavy atom. The number of carbonyl (C=O) groups excluding carboxylic acids is 1. The first-order valence-electron chi connectivity index (χ1n) is 10.6. The van der Waals surface area contributed by atoms with E-state index < -0.39 is 0 Å². The predicted octanol–water partition coefficient (Wildman–Crippen LogP) is 4.83. The van der Waals surface area contributed by atoms with Gasteiger partial charge in [0.05, 0.1) is 5.69 Å². The summed E-state index contributed by atoms with van der Waals surface area (Å²) in [7, 11) is 3.94. The van der Waals surface area contributed by atoms with Gasteiger partial charge in [-0.15, -0.1) is 0 Å². The standard InChI is InChI=1S/C26H25N5OS/c1-31(2)24-15-23(21-10-4-3-5-11-21)29-26(30-24)33-18-19-8-6-12-22(14-19)25(32)28-17-20-9-7-13-27-16-20/h3-16H,17-18H2,1-2H3,(H,28,32). The first kappa shape index (κ1) is 22.5. The maximum atomic E-state index is 12.6. The average molecular weight is 456 g/mol. The highest BCUT2D eigenvalue weighted by atomic mass is 32.2. The Morgan fingerprint density at radius 1 is 0.939 bits per heavy atom. The van der Waals surface area contributed by atoms with Crippen LogP contribution < -0.4 is 10.2 Å². The summed E-state index contributed by atoms with van der Waals surface area (Å²) in [5.74, 6) is 1.41. The van der Waals surface area contributed by atoms with Gasteiger partial charge < -0.3 is 10.2 Å². The third kappa shape index (κ3) is 6.17. The van der Waals surface area contributed by atoms with Crippen molar-refractivity contribution in [3.8, 4) is 11.3 Å². The van der Waals surface area contributed by atoms with E-state index in [0.29, 0.717) is 23.0 Å². The minimum absolute atomic E-state index is 0.108. The highest BCUT2D eigenvalue weighted by Gasteiger charge is 2.11. The van der Waals surface area contributed by atoms with E-state index in [1.54, 1.807) is 24.2 Å². The fraction of sp³-hybridized carbons (Fsp3) is 0.154. The van der Waals surface area contributed by atoms with Crippen molar-refractivity contribution in [2.24, 2.45) is 0 Å². The smallest absolute Gasteiger partial charge is 0.251 e. The Hall–Kier alpha value is -3.71. The van der Waals surface area contributed by atoms with Crippen LogP contribution in [0.4, 0.5) is 5.82 Å². The largest absolute Gasteiger partial charge is 0.363 e. The molecule has 2 heterocycles. The molecule has 0 fully saturated rings. The Labute approximate surface area is 198 Å². The zero-order valence-electron chi connectivity index (χ0n) is 18.6. The summed E-state index contributed by atoms with van der Waals surface area (Å²) >= 11 is 1.56. The Bertz CT molecular complexity index is 1220. The third-order valence-corrected chi connectivity index (χ3v) is 5.87. The number of hydrogen-bond acceptors (Lipinski definition) is 6. The lowest BCUT2D eigenvalue weighted by atomic mass is 10.1. The molecular weight excluding hydrogens is 430 g/mol. The second-order valence-electron chi connectivity index (χ2n) is 7.69. The Morgan fingerprint density at radius 3 is 2.52 bits per heavy atom. The van der Waals surface area contributed by atoms with Crippen LogP contribution in [0.2, 0.25) is 0 Å². The number of anilines is 1. The van der Waals surface area contributed by atoms with Gasteiger partial charge in [0.1, 0.15) is 5.82 Å². The first-order valence-corrected chi connectivity index (χ1v) is 11.6. The fourth-order valence-electron chi connectivity index (χ4n) is 3.20. The van der Waals surface area contributed by atoms with Crippen LogP contribution in [0.15, 0.2) is 90.3 Å². The first-order chi connectivity index (χ1) is 16.1. The molecule has 2 aromatic heterocycles. The van der Waals surface area contributed by atoms with Crippen LogP contribution >= 0.6 is 11.8 Å². The molecule has 6 nitrogen and oxygen atoms in total. The molecule has 4 rings (SSSR count). The van der Waals surface area contributed by atoms with Crippen molar-refractivity contribution in [3.05, 3.63) is 102 Å². The highest BCUT2D eigenvalue weighted by Crippen LogP contribution is 2.27. The minimum Gasteiger partial charge on any atom is -0.363 e. The average Bonchev–Trinajstić information content (AvgIpc) is 2.87. The van der Waals surface area contributed by atoms with Crippen molar-refractivity contribution in [3.63, 3.8) is 0 Å². The van der Waals surface area contributed by atoms with Gasteiger partial charge in [-0.1, -0.05) is 60.3 Å². The van der Waals surface area contributed by atoms with Crippen LogP contribution in [0.25, 0.3) is 11.3 Å². The summed E-state index contributed by atoms with van der Waals surface area (Å²) in [4.78, 5) is 28.1. The van der Waals surface area contributed by atoms with Crippen LogP contribution in [0, 0.1) is 0 Å². The lowest BCUT2D eigenvalue weighted by molar-refractivity contribution is 0.0951. The SMILES string of the molecule is CN(C)c1cc(-c2ccccc2)nc(SCc2cccc(C(=O)NCc3cccnc3)c2)n1. The summed E-state index contributed by atoms with van der Waals surface area (Å²) in [6.07, 6.45) is 3.46. The number of rotatable bonds is 8. The van der Waals surface area contributed by atoms with Gasteiger partial charge in [0.15, 0.2) is 5.16 Å². The number of aromatic nitrogens is 3. The lowest BCUT2D eigenvalue weighted by Gasteiger charge is -2.14. The van der Waals surface area contributed by atoms with Gasteiger partial charge in [0.2, 0.25) is 0 Å². The van der Waals surface area contributed by atoms with Gasteiger partial charge >= 0.3 is 0 Å². The molecule has 0 saturated carbocycles. The van der Waals surface area contributed by atoms with E-state index in [1.165, 1.54) is 0 Å². The molecule has 4 aromatic rings. The maximum Gasteiger partial charge on any atom is 0.251 e. The second-order valence-corrected chi connectivity index (χ2v) is 8.63. The molecule has 1 N–H and O–H groups in total. The van der Waals surface area contributed by atoms with E-state index in [4.69, 9.17) is 4.98 Å².